The van der Waals surface area contributed by atoms with Crippen molar-refractivity contribution in [2.75, 3.05) is 0 Å². The van der Waals surface area contributed by atoms with E-state index in [-0.39, 0.29) is 0 Å². The number of nitrogens with two attached hydrogens (primary N) is 1. The number of hydrogen-bond acceptors (Lipinski definition) is 1. The fraction of sp³-hybridized carbons (Fsp3) is 0.0385. The molecule has 5 rings (SSSR count). The quantitative estimate of drug-likeness (QED) is 0.321. The van der Waals surface area contributed by atoms with Crippen molar-refractivity contribution in [2.45, 2.75) is 6.54 Å². The summed E-state index contributed by atoms with van der Waals surface area (Å²) in [6.45, 7) is 0.642. The van der Waals surface area contributed by atoms with Gasteiger partial charge < -0.3 is 10.3 Å². The number of fused-ring (bicyclic) bond motifs is 3. The highest BCUT2D eigenvalue weighted by atomic mass is 35.5. The number of primary amides is 1. The summed E-state index contributed by atoms with van der Waals surface area (Å²) in [7, 11) is 0. The van der Waals surface area contributed by atoms with E-state index in [9.17, 15) is 4.79 Å². The fourth-order valence-corrected chi connectivity index (χ4v) is 4.37. The lowest BCUT2D eigenvalue weighted by atomic mass is 10.0. The van der Waals surface area contributed by atoms with E-state index in [1.807, 2.05) is 60.7 Å². The lowest BCUT2D eigenvalue weighted by Gasteiger charge is -2.09. The lowest BCUT2D eigenvalue weighted by Crippen LogP contribution is -2.11. The van der Waals surface area contributed by atoms with Crippen LogP contribution < -0.4 is 5.73 Å². The van der Waals surface area contributed by atoms with Gasteiger partial charge in [-0.2, -0.15) is 0 Å². The lowest BCUT2D eigenvalue weighted by molar-refractivity contribution is 0.100. The van der Waals surface area contributed by atoms with E-state index < -0.39 is 5.91 Å². The van der Waals surface area contributed by atoms with Crippen LogP contribution in [0, 0.1) is 0 Å². The molecule has 5 heteroatoms. The van der Waals surface area contributed by atoms with Gasteiger partial charge >= 0.3 is 0 Å². The highest BCUT2D eigenvalue weighted by molar-refractivity contribution is 6.30. The summed E-state index contributed by atoms with van der Waals surface area (Å²) in [5.41, 5.74) is 11.5. The maximum absolute atomic E-state index is 12.2. The molecule has 1 amide bonds. The Bertz CT molecular complexity index is 1440. The van der Waals surface area contributed by atoms with Crippen LogP contribution >= 0.6 is 23.2 Å². The Labute approximate surface area is 189 Å². The van der Waals surface area contributed by atoms with E-state index >= 15 is 0 Å². The van der Waals surface area contributed by atoms with Gasteiger partial charge in [0.2, 0.25) is 5.91 Å². The topological polar surface area (TPSA) is 48.0 Å². The van der Waals surface area contributed by atoms with Crippen molar-refractivity contribution in [3.05, 3.63) is 106 Å². The Morgan fingerprint density at radius 1 is 0.774 bits per heavy atom. The fourth-order valence-electron chi connectivity index (χ4n) is 4.11. The third-order valence-corrected chi connectivity index (χ3v) is 6.09. The second kappa shape index (κ2) is 7.77. The van der Waals surface area contributed by atoms with Crippen molar-refractivity contribution in [2.24, 2.45) is 5.73 Å². The molecule has 1 heterocycles. The summed E-state index contributed by atoms with van der Waals surface area (Å²) in [6.07, 6.45) is 0. The third kappa shape index (κ3) is 3.56. The molecular weight excluding hydrogens is 427 g/mol. The number of carbonyl (C=O) groups excluding carboxylic acids is 1. The highest BCUT2D eigenvalue weighted by Gasteiger charge is 2.17. The SMILES string of the molecule is NC(=O)c1cccc2c1c1ccc(-c3ccc(Cl)cc3)cc1n2Cc1ccc(Cl)cc1. The molecular formula is C26H18Cl2N2O. The molecule has 0 fully saturated rings. The number of benzene rings is 4. The second-order valence-corrected chi connectivity index (χ2v) is 8.39. The third-order valence-electron chi connectivity index (χ3n) is 5.59. The minimum absolute atomic E-state index is 0.432. The van der Waals surface area contributed by atoms with Crippen LogP contribution in [0.25, 0.3) is 32.9 Å². The highest BCUT2D eigenvalue weighted by Crippen LogP contribution is 2.35. The van der Waals surface area contributed by atoms with Gasteiger partial charge in [-0.15, -0.1) is 0 Å². The molecule has 0 radical (unpaired) electrons. The number of halogens is 2. The van der Waals surface area contributed by atoms with Gasteiger partial charge in [-0.25, -0.2) is 0 Å². The molecule has 0 bridgehead atoms. The average Bonchev–Trinajstić information content (AvgIpc) is 3.09. The molecule has 4 aromatic carbocycles. The van der Waals surface area contributed by atoms with Gasteiger partial charge in [-0.3, -0.25) is 4.79 Å². The predicted molar refractivity (Wildman–Crippen MR) is 129 cm³/mol. The van der Waals surface area contributed by atoms with Crippen LogP contribution in [0.4, 0.5) is 0 Å². The molecule has 0 spiro atoms. The summed E-state index contributed by atoms with van der Waals surface area (Å²) < 4.78 is 2.22. The Morgan fingerprint density at radius 2 is 1.42 bits per heavy atom. The zero-order valence-electron chi connectivity index (χ0n) is 16.5. The van der Waals surface area contributed by atoms with Gasteiger partial charge in [0, 0.05) is 32.9 Å². The normalized spacial score (nSPS) is 11.3. The van der Waals surface area contributed by atoms with Crippen LogP contribution in [0.3, 0.4) is 0 Å². The molecule has 2 N–H and O–H groups in total. The van der Waals surface area contributed by atoms with Crippen molar-refractivity contribution < 1.29 is 4.79 Å². The van der Waals surface area contributed by atoms with Crippen LogP contribution in [0.2, 0.25) is 10.0 Å². The van der Waals surface area contributed by atoms with E-state index in [0.717, 1.165) is 38.5 Å². The van der Waals surface area contributed by atoms with Gasteiger partial charge in [-0.05, 0) is 59.2 Å². The minimum atomic E-state index is -0.432. The molecule has 1 aromatic heterocycles. The van der Waals surface area contributed by atoms with Crippen LogP contribution in [0.15, 0.2) is 84.9 Å². The maximum atomic E-state index is 12.2. The van der Waals surface area contributed by atoms with Crippen molar-refractivity contribution >= 4 is 50.9 Å². The minimum Gasteiger partial charge on any atom is -0.366 e. The van der Waals surface area contributed by atoms with Crippen molar-refractivity contribution in [3.63, 3.8) is 0 Å². The average molecular weight is 445 g/mol. The standard InChI is InChI=1S/C26H18Cl2N2O/c27-19-9-4-16(5-10-19)15-30-23-3-1-2-22(26(29)31)25(23)21-13-8-18(14-24(21)30)17-6-11-20(28)12-7-17/h1-14H,15H2,(H2,29,31). The summed E-state index contributed by atoms with van der Waals surface area (Å²) in [5.74, 6) is -0.432. The van der Waals surface area contributed by atoms with E-state index in [1.165, 1.54) is 0 Å². The number of amides is 1. The molecule has 3 nitrogen and oxygen atoms in total. The molecule has 0 atom stereocenters. The Morgan fingerprint density at radius 3 is 2.10 bits per heavy atom. The molecule has 152 valence electrons. The van der Waals surface area contributed by atoms with Gasteiger partial charge in [0.25, 0.3) is 0 Å². The first kappa shape index (κ1) is 19.7. The van der Waals surface area contributed by atoms with Crippen LogP contribution in [-0.4, -0.2) is 10.5 Å². The van der Waals surface area contributed by atoms with Crippen LogP contribution in [0.5, 0.6) is 0 Å². The number of hydrogen-bond donors (Lipinski definition) is 1. The van der Waals surface area contributed by atoms with E-state index in [1.54, 1.807) is 6.07 Å². The van der Waals surface area contributed by atoms with Crippen LogP contribution in [0.1, 0.15) is 15.9 Å². The molecule has 0 unspecified atom stereocenters. The van der Waals surface area contributed by atoms with E-state index in [0.29, 0.717) is 22.2 Å². The summed E-state index contributed by atoms with van der Waals surface area (Å²) >= 11 is 12.1. The monoisotopic (exact) mass is 444 g/mol. The second-order valence-electron chi connectivity index (χ2n) is 7.52. The first-order chi connectivity index (χ1) is 15.0. The first-order valence-electron chi connectivity index (χ1n) is 9.86. The molecule has 31 heavy (non-hydrogen) atoms. The predicted octanol–water partition coefficient (Wildman–Crippen LogP) is 6.92. The molecule has 5 aromatic rings. The molecule has 0 aliphatic rings. The summed E-state index contributed by atoms with van der Waals surface area (Å²) in [6, 6.07) is 27.5. The van der Waals surface area contributed by atoms with E-state index in [2.05, 4.69) is 22.8 Å². The van der Waals surface area contributed by atoms with E-state index in [4.69, 9.17) is 28.9 Å². The van der Waals surface area contributed by atoms with Crippen molar-refractivity contribution in [3.8, 4) is 11.1 Å². The van der Waals surface area contributed by atoms with Crippen molar-refractivity contribution in [1.82, 2.24) is 4.57 Å². The van der Waals surface area contributed by atoms with Crippen LogP contribution in [-0.2, 0) is 6.54 Å². The molecule has 0 aliphatic heterocycles. The number of rotatable bonds is 4. The Balaban J connectivity index is 1.78. The molecule has 0 saturated carbocycles. The largest absolute Gasteiger partial charge is 0.366 e. The molecule has 0 aliphatic carbocycles. The van der Waals surface area contributed by atoms with Gasteiger partial charge in [0.15, 0.2) is 0 Å². The summed E-state index contributed by atoms with van der Waals surface area (Å²) in [5, 5.41) is 3.28. The number of aromatic nitrogens is 1. The van der Waals surface area contributed by atoms with Gasteiger partial charge in [-0.1, -0.05) is 65.7 Å². The Kier molecular flexibility index (Phi) is 4.93. The number of nitrogens with zero attached hydrogens (tertiary/aromatic N) is 1. The van der Waals surface area contributed by atoms with Gasteiger partial charge in [0.1, 0.15) is 0 Å². The number of carbonyl (C=O) groups is 1. The zero-order valence-corrected chi connectivity index (χ0v) is 18.0. The smallest absolute Gasteiger partial charge is 0.249 e. The zero-order chi connectivity index (χ0) is 21.5. The first-order valence-corrected chi connectivity index (χ1v) is 10.6. The molecule has 0 saturated heterocycles. The Hall–Kier alpha value is -3.27. The van der Waals surface area contributed by atoms with Gasteiger partial charge in [0.05, 0.1) is 11.0 Å². The maximum Gasteiger partial charge on any atom is 0.249 e. The van der Waals surface area contributed by atoms with Crippen molar-refractivity contribution in [1.29, 1.82) is 0 Å². The summed E-state index contributed by atoms with van der Waals surface area (Å²) in [4.78, 5) is 12.2.